The maximum Gasteiger partial charge on any atom is 0.387 e. The number of rotatable bonds is 6. The Morgan fingerprint density at radius 3 is 2.48 bits per heavy atom. The van der Waals surface area contributed by atoms with Crippen LogP contribution in [0.25, 0.3) is 22.2 Å². The molecule has 1 unspecified atom stereocenters. The van der Waals surface area contributed by atoms with Gasteiger partial charge in [-0.05, 0) is 54.9 Å². The smallest absolute Gasteiger partial charge is 0.387 e. The fourth-order valence-electron chi connectivity index (χ4n) is 7.04. The zero-order valence-electron chi connectivity index (χ0n) is 22.0. The van der Waals surface area contributed by atoms with E-state index in [2.05, 4.69) is 15.5 Å². The molecule has 1 saturated heterocycles. The maximum atomic E-state index is 13.1. The van der Waals surface area contributed by atoms with Crippen molar-refractivity contribution in [3.8, 4) is 16.9 Å². The van der Waals surface area contributed by atoms with Crippen LogP contribution in [0.4, 0.5) is 14.7 Å². The highest BCUT2D eigenvalue weighted by Crippen LogP contribution is 2.44. The normalized spacial score (nSPS) is 23.6. The summed E-state index contributed by atoms with van der Waals surface area (Å²) in [6.45, 7) is -1.38. The van der Waals surface area contributed by atoms with Gasteiger partial charge in [-0.2, -0.15) is 8.78 Å². The van der Waals surface area contributed by atoms with Crippen LogP contribution >= 0.6 is 0 Å². The first-order valence-electron chi connectivity index (χ1n) is 13.7. The number of imidazole rings is 1. The van der Waals surface area contributed by atoms with Crippen molar-refractivity contribution in [3.05, 3.63) is 66.2 Å². The fraction of sp³-hybridized carbons (Fsp3) is 0.400. The van der Waals surface area contributed by atoms with Crippen LogP contribution in [0.3, 0.4) is 0 Å². The minimum atomic E-state index is -2.88. The van der Waals surface area contributed by atoms with Crippen LogP contribution in [0.5, 0.6) is 5.75 Å². The van der Waals surface area contributed by atoms with E-state index >= 15 is 0 Å². The van der Waals surface area contributed by atoms with Crippen LogP contribution in [0.1, 0.15) is 36.7 Å². The van der Waals surface area contributed by atoms with Gasteiger partial charge in [0, 0.05) is 43.0 Å². The van der Waals surface area contributed by atoms with Gasteiger partial charge in [-0.3, -0.25) is 4.79 Å². The number of esters is 1. The van der Waals surface area contributed by atoms with Crippen LogP contribution in [0, 0.1) is 17.8 Å². The predicted octanol–water partition coefficient (Wildman–Crippen LogP) is 5.27. The van der Waals surface area contributed by atoms with Crippen molar-refractivity contribution in [1.29, 1.82) is 0 Å². The number of fused-ring (bicyclic) bond motifs is 5. The number of alkyl halides is 2. The molecule has 7 rings (SSSR count). The summed E-state index contributed by atoms with van der Waals surface area (Å²) in [4.78, 5) is 28.7. The van der Waals surface area contributed by atoms with E-state index in [-0.39, 0.29) is 35.5 Å². The lowest BCUT2D eigenvalue weighted by Gasteiger charge is -2.36. The Labute approximate surface area is 230 Å². The SMILES string of the molecule is COC(=O)C1[C@@H]2CC[C@H]1CN(c1ncc(-c3ccc4nc5n(c4c3)[C@@H](c3ccccc3OC(F)F)CC5)cn1)C2. The number of carbonyl (C=O) groups excluding carboxylic acids is 1. The van der Waals surface area contributed by atoms with Crippen LogP contribution in [0.2, 0.25) is 0 Å². The molecule has 1 aliphatic carbocycles. The molecule has 0 radical (unpaired) electrons. The Balaban J connectivity index is 1.16. The summed E-state index contributed by atoms with van der Waals surface area (Å²) in [5.74, 6) is 2.21. The average Bonchev–Trinajstić information content (AvgIpc) is 3.62. The Hall–Kier alpha value is -4.08. The van der Waals surface area contributed by atoms with Gasteiger partial charge >= 0.3 is 12.6 Å². The molecule has 0 spiro atoms. The molecule has 4 heterocycles. The summed E-state index contributed by atoms with van der Waals surface area (Å²) < 4.78 is 38.2. The van der Waals surface area contributed by atoms with Crippen LogP contribution in [0.15, 0.2) is 54.9 Å². The fourth-order valence-corrected chi connectivity index (χ4v) is 7.04. The van der Waals surface area contributed by atoms with Gasteiger partial charge in [-0.15, -0.1) is 0 Å². The third kappa shape index (κ3) is 4.17. The van der Waals surface area contributed by atoms with Crippen molar-refractivity contribution in [3.63, 3.8) is 0 Å². The Morgan fingerprint density at radius 1 is 1.00 bits per heavy atom. The Kier molecular flexibility index (Phi) is 6.13. The van der Waals surface area contributed by atoms with E-state index in [1.54, 1.807) is 12.1 Å². The molecular formula is C30H29F2N5O3. The molecule has 2 aromatic carbocycles. The van der Waals surface area contributed by atoms with Crippen LogP contribution in [-0.2, 0) is 16.0 Å². The van der Waals surface area contributed by atoms with Gasteiger partial charge in [0.05, 0.1) is 30.1 Å². The second-order valence-corrected chi connectivity index (χ2v) is 10.9. The highest BCUT2D eigenvalue weighted by atomic mass is 19.3. The first kappa shape index (κ1) is 24.9. The number of nitrogens with zero attached hydrogens (tertiary/aromatic N) is 5. The number of benzene rings is 2. The van der Waals surface area contributed by atoms with Crippen molar-refractivity contribution >= 4 is 23.0 Å². The molecule has 2 bridgehead atoms. The monoisotopic (exact) mass is 545 g/mol. The van der Waals surface area contributed by atoms with Gasteiger partial charge in [-0.1, -0.05) is 24.3 Å². The Morgan fingerprint density at radius 2 is 1.75 bits per heavy atom. The molecule has 8 nitrogen and oxygen atoms in total. The number of carbonyl (C=O) groups is 1. The number of piperidine rings is 1. The summed E-state index contributed by atoms with van der Waals surface area (Å²) in [7, 11) is 1.46. The summed E-state index contributed by atoms with van der Waals surface area (Å²) >= 11 is 0. The highest BCUT2D eigenvalue weighted by Gasteiger charge is 2.47. The number of methoxy groups -OCH3 is 1. The summed E-state index contributed by atoms with van der Waals surface area (Å²) in [5, 5.41) is 0. The lowest BCUT2D eigenvalue weighted by molar-refractivity contribution is -0.148. The van der Waals surface area contributed by atoms with Crippen molar-refractivity contribution in [2.24, 2.45) is 17.8 Å². The van der Waals surface area contributed by atoms with E-state index in [9.17, 15) is 13.6 Å². The molecule has 3 aliphatic rings. The van der Waals surface area contributed by atoms with Gasteiger partial charge in [0.2, 0.25) is 5.95 Å². The van der Waals surface area contributed by atoms with Crippen molar-refractivity contribution < 1.29 is 23.0 Å². The first-order chi connectivity index (χ1) is 19.5. The van der Waals surface area contributed by atoms with Crippen molar-refractivity contribution in [2.45, 2.75) is 38.3 Å². The molecule has 0 amide bonds. The van der Waals surface area contributed by atoms with Gasteiger partial charge in [0.15, 0.2) is 0 Å². The number of anilines is 1. The maximum absolute atomic E-state index is 13.1. The van der Waals surface area contributed by atoms with Crippen LogP contribution in [-0.4, -0.2) is 52.3 Å². The van der Waals surface area contributed by atoms with Gasteiger partial charge in [-0.25, -0.2) is 15.0 Å². The molecule has 40 heavy (non-hydrogen) atoms. The van der Waals surface area contributed by atoms with E-state index in [0.717, 1.165) is 72.3 Å². The predicted molar refractivity (Wildman–Crippen MR) is 144 cm³/mol. The molecule has 2 aromatic heterocycles. The summed E-state index contributed by atoms with van der Waals surface area (Å²) in [6.07, 6.45) is 7.23. The number of hydrogen-bond donors (Lipinski definition) is 0. The molecule has 2 aliphatic heterocycles. The van der Waals surface area contributed by atoms with E-state index in [1.165, 1.54) is 7.11 Å². The molecule has 4 atom stereocenters. The first-order valence-corrected chi connectivity index (χ1v) is 13.7. The Bertz CT molecular complexity index is 1560. The minimum Gasteiger partial charge on any atom is -0.469 e. The molecule has 0 N–H and O–H groups in total. The number of para-hydroxylation sites is 1. The molecule has 1 saturated carbocycles. The topological polar surface area (TPSA) is 82.4 Å². The van der Waals surface area contributed by atoms with Gasteiger partial charge in [0.25, 0.3) is 0 Å². The lowest BCUT2D eigenvalue weighted by Crippen LogP contribution is -2.45. The molecule has 206 valence electrons. The second-order valence-electron chi connectivity index (χ2n) is 10.9. The quantitative estimate of drug-likeness (QED) is 0.306. The van der Waals surface area contributed by atoms with Crippen molar-refractivity contribution in [1.82, 2.24) is 19.5 Å². The standard InChI is InChI=1S/C30H29F2N5O3/c1-39-28(38)27-18-6-7-19(27)16-36(15-18)30-33-13-20(14-34-30)17-8-9-22-24(12-17)37-23(10-11-26(37)35-22)21-4-2-3-5-25(21)40-29(31)32/h2-5,8-9,12-14,18-19,23,27,29H,6-7,10-11,15-16H2,1H3/t18-,19+,23-,27?/m1/s1. The second kappa shape index (κ2) is 9.83. The third-order valence-corrected chi connectivity index (χ3v) is 8.77. The lowest BCUT2D eigenvalue weighted by atomic mass is 9.85. The highest BCUT2D eigenvalue weighted by molar-refractivity contribution is 5.83. The molecule has 4 aromatic rings. The molecule has 2 fully saturated rings. The third-order valence-electron chi connectivity index (χ3n) is 8.77. The molecular weight excluding hydrogens is 516 g/mol. The number of hydrogen-bond acceptors (Lipinski definition) is 7. The van der Waals surface area contributed by atoms with E-state index in [0.29, 0.717) is 5.95 Å². The van der Waals surface area contributed by atoms with E-state index in [4.69, 9.17) is 24.4 Å². The zero-order valence-corrected chi connectivity index (χ0v) is 22.0. The summed E-state index contributed by atoms with van der Waals surface area (Å²) in [5.41, 5.74) is 4.35. The van der Waals surface area contributed by atoms with E-state index < -0.39 is 6.61 Å². The van der Waals surface area contributed by atoms with Gasteiger partial charge < -0.3 is 18.9 Å². The number of aryl methyl sites for hydroxylation is 1. The number of ether oxygens (including phenoxy) is 2. The minimum absolute atomic E-state index is 0.0256. The van der Waals surface area contributed by atoms with Crippen molar-refractivity contribution in [2.75, 3.05) is 25.1 Å². The van der Waals surface area contributed by atoms with E-state index in [1.807, 2.05) is 36.7 Å². The number of halogens is 2. The zero-order chi connectivity index (χ0) is 27.4. The number of aromatic nitrogens is 4. The van der Waals surface area contributed by atoms with Gasteiger partial charge in [0.1, 0.15) is 11.6 Å². The largest absolute Gasteiger partial charge is 0.469 e. The molecule has 10 heteroatoms. The average molecular weight is 546 g/mol. The van der Waals surface area contributed by atoms with Crippen LogP contribution < -0.4 is 9.64 Å². The summed E-state index contributed by atoms with van der Waals surface area (Å²) in [6, 6.07) is 12.9.